The van der Waals surface area contributed by atoms with Gasteiger partial charge in [-0.25, -0.2) is 0 Å². The van der Waals surface area contributed by atoms with E-state index in [1.807, 2.05) is 12.8 Å². The van der Waals surface area contributed by atoms with Gasteiger partial charge in [-0.3, -0.25) is 0 Å². The molecule has 0 saturated heterocycles. The zero-order chi connectivity index (χ0) is 8.74. The van der Waals surface area contributed by atoms with Crippen molar-refractivity contribution in [3.63, 3.8) is 0 Å². The van der Waals surface area contributed by atoms with Gasteiger partial charge in [0.05, 0.1) is 0 Å². The monoisotopic (exact) mass is 165 g/mol. The van der Waals surface area contributed by atoms with E-state index in [1.54, 1.807) is 0 Å². The molecule has 0 aliphatic carbocycles. The van der Waals surface area contributed by atoms with Gasteiger partial charge in [0.2, 0.25) is 0 Å². The third kappa shape index (κ3) is 9.15. The van der Waals surface area contributed by atoms with E-state index in [1.165, 1.54) is 0 Å². The molecule has 0 aliphatic heterocycles. The minimum absolute atomic E-state index is 0.630. The fourth-order valence-corrected chi connectivity index (χ4v) is 0.394. The summed E-state index contributed by atoms with van der Waals surface area (Å²) in [5.74, 6) is 1.97. The van der Waals surface area contributed by atoms with Crippen molar-refractivity contribution in [2.75, 3.05) is 6.54 Å². The van der Waals surface area contributed by atoms with Crippen LogP contribution in [0.5, 0.6) is 0 Å². The van der Waals surface area contributed by atoms with Gasteiger partial charge < -0.3 is 5.32 Å². The first-order valence-electron chi connectivity index (χ1n) is 3.33. The Balaban J connectivity index is 3.41. The van der Waals surface area contributed by atoms with Crippen molar-refractivity contribution >= 4 is 0 Å². The summed E-state index contributed by atoms with van der Waals surface area (Å²) in [6.45, 7) is 2.54. The van der Waals surface area contributed by atoms with Crippen LogP contribution in [0.15, 0.2) is 0 Å². The molecule has 0 aromatic carbocycles. The largest absolute Gasteiger partial charge is 0.399 e. The van der Waals surface area contributed by atoms with Crippen LogP contribution >= 0.6 is 0 Å². The van der Waals surface area contributed by atoms with Gasteiger partial charge in [0, 0.05) is 12.6 Å². The van der Waals surface area contributed by atoms with Crippen LogP contribution in [0.4, 0.5) is 13.2 Å². The zero-order valence-corrected chi connectivity index (χ0v) is 6.26. The highest BCUT2D eigenvalue weighted by Gasteiger charge is 2.25. The van der Waals surface area contributed by atoms with Crippen molar-refractivity contribution in [2.45, 2.75) is 25.9 Å². The fourth-order valence-electron chi connectivity index (χ4n) is 0.394. The normalized spacial score (nSPS) is 10.2. The second-order valence-corrected chi connectivity index (χ2v) is 2.02. The summed E-state index contributed by atoms with van der Waals surface area (Å²) in [6, 6.07) is 2.22. The van der Waals surface area contributed by atoms with Crippen LogP contribution in [-0.4, -0.2) is 12.7 Å². The van der Waals surface area contributed by atoms with E-state index in [0.717, 1.165) is 6.42 Å². The molecule has 0 fully saturated rings. The molecule has 0 rings (SSSR count). The number of rotatable bonds is 2. The number of halogens is 3. The Morgan fingerprint density at radius 3 is 2.45 bits per heavy atom. The molecule has 64 valence electrons. The molecule has 0 aliphatic rings. The maximum atomic E-state index is 11.4. The molecule has 0 unspecified atom stereocenters. The van der Waals surface area contributed by atoms with Gasteiger partial charge in [-0.2, -0.15) is 13.2 Å². The average molecular weight is 165 g/mol. The smallest absolute Gasteiger partial charge is 0.346 e. The molecule has 4 heteroatoms. The lowest BCUT2D eigenvalue weighted by molar-refractivity contribution is -0.123. The first-order valence-corrected chi connectivity index (χ1v) is 3.33. The second-order valence-electron chi connectivity index (χ2n) is 2.02. The van der Waals surface area contributed by atoms with Crippen LogP contribution in [-0.2, 0) is 0 Å². The molecule has 0 atom stereocenters. The van der Waals surface area contributed by atoms with Crippen LogP contribution in [0.25, 0.3) is 0 Å². The van der Waals surface area contributed by atoms with Crippen molar-refractivity contribution in [3.05, 3.63) is 0 Å². The van der Waals surface area contributed by atoms with Crippen LogP contribution < -0.4 is 5.32 Å². The predicted octanol–water partition coefficient (Wildman–Crippen LogP) is 1.90. The van der Waals surface area contributed by atoms with E-state index in [4.69, 9.17) is 0 Å². The Hall–Kier alpha value is -0.850. The summed E-state index contributed by atoms with van der Waals surface area (Å²) >= 11 is 0. The first-order chi connectivity index (χ1) is 5.06. The third-order valence-corrected chi connectivity index (χ3v) is 0.841. The van der Waals surface area contributed by atoms with Gasteiger partial charge in [-0.1, -0.05) is 12.8 Å². The van der Waals surface area contributed by atoms with E-state index < -0.39 is 12.6 Å². The Morgan fingerprint density at radius 1 is 1.36 bits per heavy atom. The summed E-state index contributed by atoms with van der Waals surface area (Å²) in [5.41, 5.74) is 0. The molecular formula is C7H10F3N. The second kappa shape index (κ2) is 4.89. The lowest BCUT2D eigenvalue weighted by Gasteiger charge is -1.97. The molecule has 11 heavy (non-hydrogen) atoms. The van der Waals surface area contributed by atoms with E-state index >= 15 is 0 Å². The van der Waals surface area contributed by atoms with E-state index in [-0.39, 0.29) is 0 Å². The topological polar surface area (TPSA) is 12.0 Å². The summed E-state index contributed by atoms with van der Waals surface area (Å²) < 4.78 is 34.3. The Morgan fingerprint density at radius 2 is 2.00 bits per heavy atom. The van der Waals surface area contributed by atoms with E-state index in [9.17, 15) is 13.2 Å². The van der Waals surface area contributed by atoms with Gasteiger partial charge in [0.25, 0.3) is 0 Å². The molecule has 0 heterocycles. The van der Waals surface area contributed by atoms with Crippen molar-refractivity contribution in [3.8, 4) is 12.0 Å². The number of hydrogen-bond acceptors (Lipinski definition) is 1. The maximum absolute atomic E-state index is 11.4. The number of nitrogens with one attached hydrogen (secondary N) is 1. The molecule has 1 nitrogen and oxygen atoms in total. The van der Waals surface area contributed by atoms with Gasteiger partial charge in [0.15, 0.2) is 0 Å². The molecule has 0 aromatic heterocycles. The van der Waals surface area contributed by atoms with Gasteiger partial charge in [0.1, 0.15) is 6.42 Å². The predicted molar refractivity (Wildman–Crippen MR) is 36.7 cm³/mol. The highest BCUT2D eigenvalue weighted by Crippen LogP contribution is 2.17. The van der Waals surface area contributed by atoms with Crippen molar-refractivity contribution < 1.29 is 13.2 Å². The fraction of sp³-hybridized carbons (Fsp3) is 0.714. The molecule has 0 amide bonds. The summed E-state index contributed by atoms with van der Waals surface area (Å²) in [6.07, 6.45) is -4.34. The summed E-state index contributed by atoms with van der Waals surface area (Å²) in [4.78, 5) is 0. The standard InChI is InChI=1S/C7H10F3N/c1-2-5-11-6-3-4-7(8,9)10/h11H,2,4-5H2,1H3. The van der Waals surface area contributed by atoms with Gasteiger partial charge >= 0.3 is 6.18 Å². The minimum atomic E-state index is -4.17. The van der Waals surface area contributed by atoms with Crippen molar-refractivity contribution in [2.24, 2.45) is 0 Å². The Kier molecular flexibility index (Phi) is 4.51. The zero-order valence-electron chi connectivity index (χ0n) is 6.26. The average Bonchev–Trinajstić information content (AvgIpc) is 1.85. The number of hydrogen-bond donors (Lipinski definition) is 1. The molecule has 0 bridgehead atoms. The first kappa shape index (κ1) is 10.2. The molecular weight excluding hydrogens is 155 g/mol. The molecule has 0 spiro atoms. The van der Waals surface area contributed by atoms with Crippen LogP contribution in [0.1, 0.15) is 19.8 Å². The third-order valence-electron chi connectivity index (χ3n) is 0.841. The SMILES string of the molecule is CCCNC#CCC(F)(F)F. The van der Waals surface area contributed by atoms with Crippen LogP contribution in [0.3, 0.4) is 0 Å². The van der Waals surface area contributed by atoms with Crippen molar-refractivity contribution in [1.29, 1.82) is 0 Å². The summed E-state index contributed by atoms with van der Waals surface area (Å²) in [5, 5.41) is 2.55. The Bertz CT molecular complexity index is 151. The highest BCUT2D eigenvalue weighted by molar-refractivity contribution is 4.98. The maximum Gasteiger partial charge on any atom is 0.399 e. The number of alkyl halides is 3. The van der Waals surface area contributed by atoms with Crippen molar-refractivity contribution in [1.82, 2.24) is 5.32 Å². The van der Waals surface area contributed by atoms with Crippen LogP contribution in [0.2, 0.25) is 0 Å². The lowest BCUT2D eigenvalue weighted by atomic mass is 10.4. The minimum Gasteiger partial charge on any atom is -0.346 e. The van der Waals surface area contributed by atoms with Crippen LogP contribution in [0, 0.1) is 12.0 Å². The molecule has 1 N–H and O–H groups in total. The van der Waals surface area contributed by atoms with Gasteiger partial charge in [-0.05, 0) is 6.42 Å². The summed E-state index contributed by atoms with van der Waals surface area (Å²) in [7, 11) is 0. The quantitative estimate of drug-likeness (QED) is 0.374. The molecule has 0 saturated carbocycles. The molecule has 0 radical (unpaired) electrons. The van der Waals surface area contributed by atoms with E-state index in [0.29, 0.717) is 6.54 Å². The van der Waals surface area contributed by atoms with Gasteiger partial charge in [-0.15, -0.1) is 0 Å². The Labute approximate surface area is 64.0 Å². The van der Waals surface area contributed by atoms with E-state index in [2.05, 4.69) is 11.4 Å². The highest BCUT2D eigenvalue weighted by atomic mass is 19.4. The lowest BCUT2D eigenvalue weighted by Crippen LogP contribution is -2.08. The molecule has 0 aromatic rings.